The zero-order valence-electron chi connectivity index (χ0n) is 10.1. The molecule has 0 amide bonds. The molecule has 1 unspecified atom stereocenters. The van der Waals surface area contributed by atoms with E-state index < -0.39 is 0 Å². The molecular weight excluding hydrogens is 200 g/mol. The fourth-order valence-corrected chi connectivity index (χ4v) is 2.33. The number of nitrogens with zero attached hydrogens (tertiary/aromatic N) is 3. The lowest BCUT2D eigenvalue weighted by Crippen LogP contribution is -2.39. The van der Waals surface area contributed by atoms with Crippen LogP contribution >= 0.6 is 0 Å². The summed E-state index contributed by atoms with van der Waals surface area (Å²) in [6, 6.07) is 2.60. The number of hydrogen-bond donors (Lipinski definition) is 1. The number of likely N-dealkylation sites (tertiary alicyclic amines) is 1. The maximum atomic E-state index is 5.62. The van der Waals surface area contributed by atoms with Crippen LogP contribution in [0.2, 0.25) is 0 Å². The van der Waals surface area contributed by atoms with Crippen molar-refractivity contribution in [2.24, 2.45) is 0 Å². The van der Waals surface area contributed by atoms with E-state index in [1.807, 2.05) is 6.07 Å². The summed E-state index contributed by atoms with van der Waals surface area (Å²) in [6.45, 7) is 6.79. The molecule has 4 nitrogen and oxygen atoms in total. The fourth-order valence-electron chi connectivity index (χ4n) is 2.33. The van der Waals surface area contributed by atoms with Gasteiger partial charge in [-0.1, -0.05) is 0 Å². The van der Waals surface area contributed by atoms with E-state index in [0.717, 1.165) is 12.2 Å². The smallest absolute Gasteiger partial charge is 0.220 e. The van der Waals surface area contributed by atoms with Gasteiger partial charge < -0.3 is 10.6 Å². The highest BCUT2D eigenvalue weighted by molar-refractivity contribution is 5.20. The number of rotatable bonds is 2. The third kappa shape index (κ3) is 2.50. The molecule has 1 saturated heterocycles. The summed E-state index contributed by atoms with van der Waals surface area (Å²) >= 11 is 0. The van der Waals surface area contributed by atoms with Crippen LogP contribution in [0, 0.1) is 0 Å². The molecule has 2 N–H and O–H groups in total. The van der Waals surface area contributed by atoms with Crippen molar-refractivity contribution in [2.75, 3.05) is 18.8 Å². The van der Waals surface area contributed by atoms with Gasteiger partial charge in [0.2, 0.25) is 5.95 Å². The maximum Gasteiger partial charge on any atom is 0.220 e. The molecule has 1 aromatic heterocycles. The summed E-state index contributed by atoms with van der Waals surface area (Å²) in [7, 11) is 0. The monoisotopic (exact) mass is 220 g/mol. The number of nitrogen functional groups attached to an aromatic ring is 1. The zero-order chi connectivity index (χ0) is 11.5. The molecule has 0 aliphatic carbocycles. The van der Waals surface area contributed by atoms with Gasteiger partial charge in [0.05, 0.1) is 5.69 Å². The standard InChI is InChI=1S/C12H20N4/c1-9(2)16-7-3-4-10(8-16)11-5-6-14-12(13)15-11/h5-6,9-10H,3-4,7-8H2,1-2H3,(H2,13,14,15). The second kappa shape index (κ2) is 4.78. The predicted octanol–water partition coefficient (Wildman–Crippen LogP) is 1.65. The Kier molecular flexibility index (Phi) is 3.39. The second-order valence-corrected chi connectivity index (χ2v) is 4.77. The van der Waals surface area contributed by atoms with Gasteiger partial charge in [0.15, 0.2) is 0 Å². The molecule has 2 rings (SSSR count). The molecule has 0 spiro atoms. The average Bonchev–Trinajstić information content (AvgIpc) is 2.29. The van der Waals surface area contributed by atoms with Crippen molar-refractivity contribution in [1.82, 2.24) is 14.9 Å². The summed E-state index contributed by atoms with van der Waals surface area (Å²) in [4.78, 5) is 10.8. The lowest BCUT2D eigenvalue weighted by molar-refractivity contribution is 0.166. The Balaban J connectivity index is 2.09. The lowest BCUT2D eigenvalue weighted by atomic mass is 9.94. The molecule has 2 heterocycles. The van der Waals surface area contributed by atoms with E-state index in [9.17, 15) is 0 Å². The third-order valence-corrected chi connectivity index (χ3v) is 3.30. The maximum absolute atomic E-state index is 5.62. The van der Waals surface area contributed by atoms with E-state index in [0.29, 0.717) is 17.9 Å². The van der Waals surface area contributed by atoms with Gasteiger partial charge in [0.25, 0.3) is 0 Å². The number of anilines is 1. The molecule has 1 fully saturated rings. The summed E-state index contributed by atoms with van der Waals surface area (Å²) in [5, 5.41) is 0. The van der Waals surface area contributed by atoms with Crippen molar-refractivity contribution < 1.29 is 0 Å². The summed E-state index contributed by atoms with van der Waals surface area (Å²) in [5.41, 5.74) is 6.72. The highest BCUT2D eigenvalue weighted by atomic mass is 15.2. The highest BCUT2D eigenvalue weighted by Crippen LogP contribution is 2.26. The summed E-state index contributed by atoms with van der Waals surface area (Å²) in [5.74, 6) is 0.903. The van der Waals surface area contributed by atoms with Crippen LogP contribution in [0.25, 0.3) is 0 Å². The molecule has 16 heavy (non-hydrogen) atoms. The first-order chi connectivity index (χ1) is 7.66. The van der Waals surface area contributed by atoms with E-state index in [1.54, 1.807) is 6.20 Å². The van der Waals surface area contributed by atoms with Crippen molar-refractivity contribution in [3.63, 3.8) is 0 Å². The molecule has 1 aliphatic heterocycles. The van der Waals surface area contributed by atoms with Crippen LogP contribution in [-0.2, 0) is 0 Å². The Bertz CT molecular complexity index is 351. The van der Waals surface area contributed by atoms with Crippen molar-refractivity contribution in [2.45, 2.75) is 38.6 Å². The zero-order valence-corrected chi connectivity index (χ0v) is 10.1. The van der Waals surface area contributed by atoms with Gasteiger partial charge in [-0.2, -0.15) is 0 Å². The Morgan fingerprint density at radius 3 is 3.00 bits per heavy atom. The number of piperidine rings is 1. The topological polar surface area (TPSA) is 55.0 Å². The van der Waals surface area contributed by atoms with E-state index >= 15 is 0 Å². The molecule has 4 heteroatoms. The van der Waals surface area contributed by atoms with Gasteiger partial charge >= 0.3 is 0 Å². The molecule has 0 aromatic carbocycles. The second-order valence-electron chi connectivity index (χ2n) is 4.77. The van der Waals surface area contributed by atoms with Gasteiger partial charge in [-0.3, -0.25) is 0 Å². The van der Waals surface area contributed by atoms with E-state index in [4.69, 9.17) is 5.73 Å². The Hall–Kier alpha value is -1.16. The third-order valence-electron chi connectivity index (χ3n) is 3.30. The van der Waals surface area contributed by atoms with Crippen LogP contribution < -0.4 is 5.73 Å². The SMILES string of the molecule is CC(C)N1CCCC(c2ccnc(N)n2)C1. The Morgan fingerprint density at radius 2 is 2.31 bits per heavy atom. The number of aromatic nitrogens is 2. The van der Waals surface area contributed by atoms with Crippen molar-refractivity contribution in [3.05, 3.63) is 18.0 Å². The summed E-state index contributed by atoms with van der Waals surface area (Å²) < 4.78 is 0. The van der Waals surface area contributed by atoms with Crippen LogP contribution in [0.5, 0.6) is 0 Å². The van der Waals surface area contributed by atoms with Gasteiger partial charge in [0.1, 0.15) is 0 Å². The first kappa shape index (κ1) is 11.3. The van der Waals surface area contributed by atoms with Crippen molar-refractivity contribution in [1.29, 1.82) is 0 Å². The molecule has 0 bridgehead atoms. The first-order valence-electron chi connectivity index (χ1n) is 5.99. The van der Waals surface area contributed by atoms with E-state index in [2.05, 4.69) is 28.7 Å². The van der Waals surface area contributed by atoms with Crippen LogP contribution in [0.1, 0.15) is 38.3 Å². The minimum Gasteiger partial charge on any atom is -0.368 e. The lowest BCUT2D eigenvalue weighted by Gasteiger charge is -2.35. The molecular formula is C12H20N4. The summed E-state index contributed by atoms with van der Waals surface area (Å²) in [6.07, 6.45) is 4.21. The molecule has 0 radical (unpaired) electrons. The minimum atomic E-state index is 0.388. The number of hydrogen-bond acceptors (Lipinski definition) is 4. The normalized spacial score (nSPS) is 22.6. The number of nitrogens with two attached hydrogens (primary N) is 1. The average molecular weight is 220 g/mol. The Labute approximate surface area is 96.9 Å². The highest BCUT2D eigenvalue weighted by Gasteiger charge is 2.23. The van der Waals surface area contributed by atoms with Crippen molar-refractivity contribution in [3.8, 4) is 0 Å². The Morgan fingerprint density at radius 1 is 1.50 bits per heavy atom. The van der Waals surface area contributed by atoms with Gasteiger partial charge in [-0.25, -0.2) is 9.97 Å². The first-order valence-corrected chi connectivity index (χ1v) is 5.99. The molecule has 1 aliphatic rings. The van der Waals surface area contributed by atoms with Crippen molar-refractivity contribution >= 4 is 5.95 Å². The minimum absolute atomic E-state index is 0.388. The molecule has 1 aromatic rings. The van der Waals surface area contributed by atoms with E-state index in [1.165, 1.54) is 19.4 Å². The molecule has 0 saturated carbocycles. The molecule has 1 atom stereocenters. The predicted molar refractivity (Wildman–Crippen MR) is 65.1 cm³/mol. The largest absolute Gasteiger partial charge is 0.368 e. The molecule has 88 valence electrons. The quantitative estimate of drug-likeness (QED) is 0.823. The van der Waals surface area contributed by atoms with Crippen LogP contribution in [0.15, 0.2) is 12.3 Å². The fraction of sp³-hybridized carbons (Fsp3) is 0.667. The van der Waals surface area contributed by atoms with Crippen LogP contribution in [0.4, 0.5) is 5.95 Å². The van der Waals surface area contributed by atoms with Crippen LogP contribution in [-0.4, -0.2) is 34.0 Å². The van der Waals surface area contributed by atoms with Gasteiger partial charge in [0, 0.05) is 24.7 Å². The van der Waals surface area contributed by atoms with Gasteiger partial charge in [-0.15, -0.1) is 0 Å². The van der Waals surface area contributed by atoms with Gasteiger partial charge in [-0.05, 0) is 39.3 Å². The van der Waals surface area contributed by atoms with Crippen LogP contribution in [0.3, 0.4) is 0 Å². The van der Waals surface area contributed by atoms with E-state index in [-0.39, 0.29) is 0 Å².